The van der Waals surface area contributed by atoms with Crippen molar-refractivity contribution in [3.05, 3.63) is 54.2 Å². The van der Waals surface area contributed by atoms with Crippen molar-refractivity contribution in [3.63, 3.8) is 0 Å². The van der Waals surface area contributed by atoms with Crippen LogP contribution < -0.4 is 4.74 Å². The number of piperidine rings is 1. The van der Waals surface area contributed by atoms with Crippen molar-refractivity contribution in [3.8, 4) is 17.1 Å². The fourth-order valence-corrected chi connectivity index (χ4v) is 3.92. The summed E-state index contributed by atoms with van der Waals surface area (Å²) in [5.41, 5.74) is 3.01. The number of likely N-dealkylation sites (tertiary alicyclic amines) is 1. The van der Waals surface area contributed by atoms with Crippen LogP contribution in [0.4, 0.5) is 0 Å². The van der Waals surface area contributed by atoms with Crippen molar-refractivity contribution in [2.45, 2.75) is 12.8 Å². The predicted molar refractivity (Wildman–Crippen MR) is 112 cm³/mol. The molecule has 1 unspecified atom stereocenters. The fraction of sp³-hybridized carbons (Fsp3) is 0.348. The lowest BCUT2D eigenvalue weighted by Gasteiger charge is -2.32. The predicted octanol–water partition coefficient (Wildman–Crippen LogP) is 3.80. The number of nitrogens with zero attached hydrogens (tertiary/aromatic N) is 3. The lowest BCUT2D eigenvalue weighted by Crippen LogP contribution is -2.41. The van der Waals surface area contributed by atoms with Crippen LogP contribution in [0.2, 0.25) is 0 Å². The van der Waals surface area contributed by atoms with Gasteiger partial charge in [-0.2, -0.15) is 0 Å². The summed E-state index contributed by atoms with van der Waals surface area (Å²) < 4.78 is 10.7. The van der Waals surface area contributed by atoms with Crippen molar-refractivity contribution < 1.29 is 14.3 Å². The summed E-state index contributed by atoms with van der Waals surface area (Å²) in [6.07, 6.45) is 3.75. The third kappa shape index (κ3) is 4.07. The van der Waals surface area contributed by atoms with Gasteiger partial charge >= 0.3 is 0 Å². The highest BCUT2D eigenvalue weighted by molar-refractivity contribution is 5.94. The van der Waals surface area contributed by atoms with Gasteiger partial charge < -0.3 is 14.4 Å². The summed E-state index contributed by atoms with van der Waals surface area (Å²) in [5.74, 6) is 0.944. The molecule has 150 valence electrons. The number of ether oxygens (including phenoxy) is 2. The van der Waals surface area contributed by atoms with Crippen LogP contribution in [0.5, 0.6) is 5.88 Å². The van der Waals surface area contributed by atoms with Gasteiger partial charge in [0, 0.05) is 31.8 Å². The molecule has 3 aromatic rings. The van der Waals surface area contributed by atoms with Gasteiger partial charge in [0.1, 0.15) is 0 Å². The zero-order valence-corrected chi connectivity index (χ0v) is 16.8. The van der Waals surface area contributed by atoms with Crippen molar-refractivity contribution in [1.82, 2.24) is 14.9 Å². The van der Waals surface area contributed by atoms with Gasteiger partial charge in [0.25, 0.3) is 5.91 Å². The summed E-state index contributed by atoms with van der Waals surface area (Å²) in [6, 6.07) is 13.6. The summed E-state index contributed by atoms with van der Waals surface area (Å²) in [6.45, 7) is 2.20. The van der Waals surface area contributed by atoms with E-state index in [1.165, 1.54) is 0 Å². The van der Waals surface area contributed by atoms with E-state index in [1.54, 1.807) is 20.4 Å². The molecule has 0 bridgehead atoms. The van der Waals surface area contributed by atoms with Crippen LogP contribution in [0.25, 0.3) is 22.2 Å². The quantitative estimate of drug-likeness (QED) is 0.662. The summed E-state index contributed by atoms with van der Waals surface area (Å²) in [5, 5.41) is 1.02. The number of methoxy groups -OCH3 is 2. The maximum absolute atomic E-state index is 12.9. The highest BCUT2D eigenvalue weighted by Gasteiger charge is 2.24. The van der Waals surface area contributed by atoms with Crippen molar-refractivity contribution in [2.24, 2.45) is 5.92 Å². The molecule has 2 aromatic heterocycles. The third-order valence-corrected chi connectivity index (χ3v) is 5.38. The zero-order valence-electron chi connectivity index (χ0n) is 16.8. The second-order valence-corrected chi connectivity index (χ2v) is 7.38. The Hall–Kier alpha value is -2.99. The van der Waals surface area contributed by atoms with Crippen molar-refractivity contribution >= 4 is 16.8 Å². The number of carbonyl (C=O) groups is 1. The van der Waals surface area contributed by atoms with E-state index in [0.29, 0.717) is 24.0 Å². The maximum atomic E-state index is 12.9. The minimum Gasteiger partial charge on any atom is -0.480 e. The van der Waals surface area contributed by atoms with Gasteiger partial charge in [0.15, 0.2) is 0 Å². The Morgan fingerprint density at radius 1 is 1.21 bits per heavy atom. The lowest BCUT2D eigenvalue weighted by molar-refractivity contribution is 0.0570. The number of fused-ring (bicyclic) bond motifs is 1. The molecular formula is C23H25N3O3. The molecular weight excluding hydrogens is 366 g/mol. The Morgan fingerprint density at radius 2 is 2.07 bits per heavy atom. The molecule has 0 saturated carbocycles. The first-order valence-electron chi connectivity index (χ1n) is 9.88. The number of hydrogen-bond donors (Lipinski definition) is 0. The van der Waals surface area contributed by atoms with E-state index >= 15 is 0 Å². The molecule has 0 spiro atoms. The molecule has 0 radical (unpaired) electrons. The van der Waals surface area contributed by atoms with E-state index in [0.717, 1.165) is 48.1 Å². The third-order valence-electron chi connectivity index (χ3n) is 5.38. The Bertz CT molecular complexity index is 1000. The first-order valence-corrected chi connectivity index (χ1v) is 9.88. The number of carbonyl (C=O) groups excluding carboxylic acids is 1. The van der Waals surface area contributed by atoms with Gasteiger partial charge in [-0.3, -0.25) is 9.78 Å². The van der Waals surface area contributed by atoms with Gasteiger partial charge in [0.05, 0.1) is 36.1 Å². The zero-order chi connectivity index (χ0) is 20.2. The second kappa shape index (κ2) is 8.57. The molecule has 4 rings (SSSR count). The van der Waals surface area contributed by atoms with Gasteiger partial charge in [0.2, 0.25) is 5.88 Å². The highest BCUT2D eigenvalue weighted by Crippen LogP contribution is 2.30. The smallest absolute Gasteiger partial charge is 0.255 e. The molecule has 0 N–H and O–H groups in total. The Balaban J connectivity index is 1.58. The number of pyridine rings is 2. The number of amides is 1. The first kappa shape index (κ1) is 19.3. The molecule has 3 heterocycles. The van der Waals surface area contributed by atoms with Crippen LogP contribution in [0.15, 0.2) is 48.7 Å². The van der Waals surface area contributed by atoms with Crippen molar-refractivity contribution in [2.75, 3.05) is 33.9 Å². The topological polar surface area (TPSA) is 64.5 Å². The first-order chi connectivity index (χ1) is 14.2. The van der Waals surface area contributed by atoms with Crippen LogP contribution in [-0.4, -0.2) is 54.7 Å². The number of aromatic nitrogens is 2. The molecule has 6 nitrogen and oxygen atoms in total. The molecule has 0 aliphatic carbocycles. The average Bonchev–Trinajstić information content (AvgIpc) is 2.78. The average molecular weight is 391 g/mol. The summed E-state index contributed by atoms with van der Waals surface area (Å²) in [7, 11) is 3.31. The van der Waals surface area contributed by atoms with E-state index in [4.69, 9.17) is 9.47 Å². The minimum atomic E-state index is 0.0217. The maximum Gasteiger partial charge on any atom is 0.255 e. The van der Waals surface area contributed by atoms with Crippen molar-refractivity contribution in [1.29, 1.82) is 0 Å². The number of rotatable bonds is 5. The van der Waals surface area contributed by atoms with Crippen LogP contribution in [0.3, 0.4) is 0 Å². The van der Waals surface area contributed by atoms with E-state index in [-0.39, 0.29) is 5.91 Å². The van der Waals surface area contributed by atoms with Crippen LogP contribution in [0.1, 0.15) is 23.2 Å². The molecule has 1 atom stereocenters. The van der Waals surface area contributed by atoms with Gasteiger partial charge in [-0.05, 0) is 43.0 Å². The molecule has 1 amide bonds. The SMILES string of the molecule is COCC1CCCN(C(=O)c2ccc(-c3cc4ccccc4nc3OC)nc2)C1. The minimum absolute atomic E-state index is 0.0217. The van der Waals surface area contributed by atoms with E-state index in [1.807, 2.05) is 47.4 Å². The second-order valence-electron chi connectivity index (χ2n) is 7.38. The molecule has 6 heteroatoms. The molecule has 1 aliphatic rings. The highest BCUT2D eigenvalue weighted by atomic mass is 16.5. The Labute approximate surface area is 170 Å². The van der Waals surface area contributed by atoms with Gasteiger partial charge in [-0.25, -0.2) is 4.98 Å². The molecule has 1 aliphatic heterocycles. The van der Waals surface area contributed by atoms with Gasteiger partial charge in [-0.1, -0.05) is 18.2 Å². The largest absolute Gasteiger partial charge is 0.480 e. The Morgan fingerprint density at radius 3 is 2.83 bits per heavy atom. The van der Waals surface area contributed by atoms with E-state index in [2.05, 4.69) is 9.97 Å². The summed E-state index contributed by atoms with van der Waals surface area (Å²) >= 11 is 0. The lowest BCUT2D eigenvalue weighted by atomic mass is 9.98. The van der Waals surface area contributed by atoms with Crippen LogP contribution in [0, 0.1) is 5.92 Å². The van der Waals surface area contributed by atoms with Crippen LogP contribution in [-0.2, 0) is 4.74 Å². The molecule has 1 aromatic carbocycles. The number of para-hydroxylation sites is 1. The normalized spacial score (nSPS) is 16.8. The summed E-state index contributed by atoms with van der Waals surface area (Å²) in [4.78, 5) is 23.9. The van der Waals surface area contributed by atoms with Gasteiger partial charge in [-0.15, -0.1) is 0 Å². The van der Waals surface area contributed by atoms with Crippen LogP contribution >= 0.6 is 0 Å². The fourth-order valence-electron chi connectivity index (χ4n) is 3.92. The molecule has 1 fully saturated rings. The van der Waals surface area contributed by atoms with E-state index < -0.39 is 0 Å². The Kier molecular flexibility index (Phi) is 5.71. The monoisotopic (exact) mass is 391 g/mol. The standard InChI is InChI=1S/C23H25N3O3/c1-28-15-16-6-5-11-26(14-16)23(27)18-9-10-21(24-13-18)19-12-17-7-3-4-8-20(17)25-22(19)29-2/h3-4,7-10,12-13,16H,5-6,11,14-15H2,1-2H3. The number of hydrogen-bond acceptors (Lipinski definition) is 5. The molecule has 1 saturated heterocycles. The van der Waals surface area contributed by atoms with E-state index in [9.17, 15) is 4.79 Å². The molecule has 29 heavy (non-hydrogen) atoms. The number of benzene rings is 1.